The van der Waals surface area contributed by atoms with E-state index in [2.05, 4.69) is 65.6 Å². The average Bonchev–Trinajstić information content (AvgIpc) is 3.73. The summed E-state index contributed by atoms with van der Waals surface area (Å²) < 4.78 is 11.0. The summed E-state index contributed by atoms with van der Waals surface area (Å²) in [7, 11) is 2.17. The van der Waals surface area contributed by atoms with Crippen LogP contribution in [0.3, 0.4) is 0 Å². The van der Waals surface area contributed by atoms with Gasteiger partial charge in [0.05, 0.1) is 17.7 Å². The van der Waals surface area contributed by atoms with Crippen LogP contribution in [0.4, 0.5) is 0 Å². The van der Waals surface area contributed by atoms with Crippen LogP contribution in [-0.4, -0.2) is 35.7 Å². The number of carbonyl (C=O) groups excluding carboxylic acids is 1. The lowest BCUT2D eigenvalue weighted by molar-refractivity contribution is -0.146. The van der Waals surface area contributed by atoms with Crippen LogP contribution in [0.15, 0.2) is 53.1 Å². The summed E-state index contributed by atoms with van der Waals surface area (Å²) in [4.78, 5) is 14.7. The minimum atomic E-state index is -0.424. The maximum Gasteiger partial charge on any atom is 0.316 e. The van der Waals surface area contributed by atoms with E-state index in [1.807, 2.05) is 13.8 Å². The van der Waals surface area contributed by atoms with Crippen LogP contribution < -0.4 is 0 Å². The van der Waals surface area contributed by atoms with Crippen molar-refractivity contribution in [2.45, 2.75) is 57.5 Å². The fourth-order valence-electron chi connectivity index (χ4n) is 4.50. The predicted octanol–water partition coefficient (Wildman–Crippen LogP) is 5.51. The molecule has 3 aromatic rings. The lowest BCUT2D eigenvalue weighted by Crippen LogP contribution is -2.23. The molecule has 0 radical (unpaired) electrons. The normalized spacial score (nSPS) is 16.9. The molecule has 2 fully saturated rings. The van der Waals surface area contributed by atoms with E-state index in [9.17, 15) is 4.79 Å². The lowest BCUT2D eigenvalue weighted by Gasteiger charge is -2.15. The standard InChI is InChI=1S/C27H30N2O3/c1-4-31-26(30)27(15-16-27)22-11-9-20(10-12-22)19-5-7-21(8-6-19)25-24(18(2)28-32-25)17-29(3)23-13-14-23/h5-12,23H,4,13-17H2,1-3H3. The topological polar surface area (TPSA) is 55.6 Å². The molecule has 1 heterocycles. The third kappa shape index (κ3) is 3.86. The van der Waals surface area contributed by atoms with Gasteiger partial charge >= 0.3 is 5.97 Å². The van der Waals surface area contributed by atoms with Crippen molar-refractivity contribution >= 4 is 5.97 Å². The molecule has 5 nitrogen and oxygen atoms in total. The molecule has 0 amide bonds. The van der Waals surface area contributed by atoms with Crippen LogP contribution in [0.25, 0.3) is 22.5 Å². The SMILES string of the molecule is CCOC(=O)C1(c2ccc(-c3ccc(-c4onc(C)c4CN(C)C4CC4)cc3)cc2)CC1. The molecular weight excluding hydrogens is 400 g/mol. The van der Waals surface area contributed by atoms with Crippen LogP contribution in [0, 0.1) is 6.92 Å². The zero-order valence-electron chi connectivity index (χ0n) is 19.1. The van der Waals surface area contributed by atoms with Gasteiger partial charge < -0.3 is 9.26 Å². The highest BCUT2D eigenvalue weighted by molar-refractivity contribution is 5.87. The van der Waals surface area contributed by atoms with Gasteiger partial charge in [-0.15, -0.1) is 0 Å². The van der Waals surface area contributed by atoms with Gasteiger partial charge in [-0.3, -0.25) is 9.69 Å². The second-order valence-corrected chi connectivity index (χ2v) is 9.18. The molecule has 1 aromatic heterocycles. The molecule has 5 heteroatoms. The van der Waals surface area contributed by atoms with Crippen LogP contribution in [0.1, 0.15) is 49.4 Å². The molecule has 32 heavy (non-hydrogen) atoms. The first-order chi connectivity index (χ1) is 15.5. The van der Waals surface area contributed by atoms with Gasteiger partial charge in [0.25, 0.3) is 0 Å². The van der Waals surface area contributed by atoms with Gasteiger partial charge in [-0.1, -0.05) is 53.7 Å². The molecule has 0 atom stereocenters. The molecule has 2 aromatic carbocycles. The maximum absolute atomic E-state index is 12.4. The maximum atomic E-state index is 12.4. The number of hydrogen-bond acceptors (Lipinski definition) is 5. The molecule has 0 spiro atoms. The summed E-state index contributed by atoms with van der Waals surface area (Å²) in [5.41, 5.74) is 6.07. The summed E-state index contributed by atoms with van der Waals surface area (Å²) in [6, 6.07) is 17.5. The number of nitrogens with zero attached hydrogens (tertiary/aromatic N) is 2. The molecule has 5 rings (SSSR count). The number of aromatic nitrogens is 1. The molecule has 0 saturated heterocycles. The van der Waals surface area contributed by atoms with Gasteiger partial charge in [-0.25, -0.2) is 0 Å². The van der Waals surface area contributed by atoms with Gasteiger partial charge in [0.2, 0.25) is 0 Å². The Bertz CT molecular complexity index is 1110. The molecule has 0 unspecified atom stereocenters. The number of esters is 1. The highest BCUT2D eigenvalue weighted by Crippen LogP contribution is 2.49. The van der Waals surface area contributed by atoms with Gasteiger partial charge in [-0.2, -0.15) is 0 Å². The fourth-order valence-corrected chi connectivity index (χ4v) is 4.50. The number of hydrogen-bond donors (Lipinski definition) is 0. The van der Waals surface area contributed by atoms with Crippen molar-refractivity contribution in [1.29, 1.82) is 0 Å². The van der Waals surface area contributed by atoms with Crippen LogP contribution in [0.2, 0.25) is 0 Å². The minimum Gasteiger partial charge on any atom is -0.465 e. The van der Waals surface area contributed by atoms with E-state index in [0.717, 1.165) is 53.1 Å². The summed E-state index contributed by atoms with van der Waals surface area (Å²) in [5.74, 6) is 0.768. The fraction of sp³-hybridized carbons (Fsp3) is 0.407. The van der Waals surface area contributed by atoms with E-state index >= 15 is 0 Å². The molecule has 166 valence electrons. The third-order valence-electron chi connectivity index (χ3n) is 6.90. The molecule has 2 aliphatic carbocycles. The van der Waals surface area contributed by atoms with Crippen LogP contribution in [0.5, 0.6) is 0 Å². The largest absolute Gasteiger partial charge is 0.465 e. The zero-order valence-corrected chi connectivity index (χ0v) is 19.1. The van der Waals surface area contributed by atoms with Crippen molar-refractivity contribution in [2.24, 2.45) is 0 Å². The van der Waals surface area contributed by atoms with Crippen molar-refractivity contribution in [3.05, 3.63) is 65.4 Å². The molecule has 0 aliphatic heterocycles. The monoisotopic (exact) mass is 430 g/mol. The van der Waals surface area contributed by atoms with Crippen LogP contribution >= 0.6 is 0 Å². The highest BCUT2D eigenvalue weighted by Gasteiger charge is 2.52. The summed E-state index contributed by atoms with van der Waals surface area (Å²) in [6.07, 6.45) is 4.30. The first-order valence-corrected chi connectivity index (χ1v) is 11.6. The number of ether oxygens (including phenoxy) is 1. The third-order valence-corrected chi connectivity index (χ3v) is 6.90. The molecular formula is C27H30N2O3. The Morgan fingerprint density at radius 1 is 1.06 bits per heavy atom. The molecule has 2 saturated carbocycles. The number of benzene rings is 2. The summed E-state index contributed by atoms with van der Waals surface area (Å²) in [6.45, 7) is 5.16. The quantitative estimate of drug-likeness (QED) is 0.441. The van der Waals surface area contributed by atoms with E-state index in [1.165, 1.54) is 18.4 Å². The van der Waals surface area contributed by atoms with Crippen LogP contribution in [-0.2, 0) is 21.5 Å². The van der Waals surface area contributed by atoms with Crippen molar-refractivity contribution < 1.29 is 14.1 Å². The van der Waals surface area contributed by atoms with Crippen molar-refractivity contribution in [3.63, 3.8) is 0 Å². The first kappa shape index (κ1) is 21.0. The second kappa shape index (κ2) is 8.21. The Labute approximate surface area is 189 Å². The van der Waals surface area contributed by atoms with E-state index < -0.39 is 5.41 Å². The predicted molar refractivity (Wildman–Crippen MR) is 124 cm³/mol. The lowest BCUT2D eigenvalue weighted by atomic mass is 9.93. The van der Waals surface area contributed by atoms with E-state index in [-0.39, 0.29) is 5.97 Å². The van der Waals surface area contributed by atoms with Crippen molar-refractivity contribution in [3.8, 4) is 22.5 Å². The molecule has 0 N–H and O–H groups in total. The average molecular weight is 431 g/mol. The Morgan fingerprint density at radius 3 is 2.22 bits per heavy atom. The summed E-state index contributed by atoms with van der Waals surface area (Å²) in [5, 5.41) is 4.23. The first-order valence-electron chi connectivity index (χ1n) is 11.6. The molecule has 0 bridgehead atoms. The summed E-state index contributed by atoms with van der Waals surface area (Å²) >= 11 is 0. The minimum absolute atomic E-state index is 0.0948. The number of rotatable bonds is 8. The van der Waals surface area contributed by atoms with E-state index in [4.69, 9.17) is 9.26 Å². The molecule has 2 aliphatic rings. The number of aryl methyl sites for hydroxylation is 1. The van der Waals surface area contributed by atoms with Gasteiger partial charge in [0, 0.05) is 23.7 Å². The highest BCUT2D eigenvalue weighted by atomic mass is 16.5. The Kier molecular flexibility index (Phi) is 5.38. The zero-order chi connectivity index (χ0) is 22.3. The van der Waals surface area contributed by atoms with Gasteiger partial charge in [0.15, 0.2) is 5.76 Å². The Hall–Kier alpha value is -2.92. The van der Waals surface area contributed by atoms with Gasteiger partial charge in [-0.05, 0) is 63.3 Å². The Morgan fingerprint density at radius 2 is 1.66 bits per heavy atom. The second-order valence-electron chi connectivity index (χ2n) is 9.18. The van der Waals surface area contributed by atoms with Gasteiger partial charge in [0.1, 0.15) is 0 Å². The smallest absolute Gasteiger partial charge is 0.316 e. The van der Waals surface area contributed by atoms with E-state index in [1.54, 1.807) is 0 Å². The number of carbonyl (C=O) groups is 1. The van der Waals surface area contributed by atoms with Crippen molar-refractivity contribution in [2.75, 3.05) is 13.7 Å². The Balaban J connectivity index is 1.34. The van der Waals surface area contributed by atoms with Crippen molar-refractivity contribution in [1.82, 2.24) is 10.1 Å². The van der Waals surface area contributed by atoms with E-state index in [0.29, 0.717) is 12.6 Å².